The summed E-state index contributed by atoms with van der Waals surface area (Å²) in [4.78, 5) is 0. The monoisotopic (exact) mass is 250 g/mol. The second kappa shape index (κ2) is 7.38. The fraction of sp³-hybridized carbons (Fsp3) is 0.158. The molecule has 0 unspecified atom stereocenters. The van der Waals surface area contributed by atoms with Crippen LogP contribution in [0.15, 0.2) is 61.2 Å². The number of hydrogen-bond acceptors (Lipinski definition) is 0. The maximum Gasteiger partial charge on any atom is -0.0158 e. The first-order valence-corrected chi connectivity index (χ1v) is 6.53. The second-order valence-corrected chi connectivity index (χ2v) is 4.34. The molecule has 98 valence electrons. The molecule has 0 heteroatoms. The Hall–Kier alpha value is -2.08. The third kappa shape index (κ3) is 3.69. The number of rotatable bonds is 5. The van der Waals surface area contributed by atoms with Crippen molar-refractivity contribution < 1.29 is 0 Å². The van der Waals surface area contributed by atoms with Crippen molar-refractivity contribution in [1.29, 1.82) is 0 Å². The average Bonchev–Trinajstić information content (AvgIpc) is 2.44. The van der Waals surface area contributed by atoms with Gasteiger partial charge in [-0.1, -0.05) is 61.7 Å². The van der Waals surface area contributed by atoms with Crippen molar-refractivity contribution in [2.45, 2.75) is 20.8 Å². The smallest absolute Gasteiger partial charge is 0.0158 e. The maximum absolute atomic E-state index is 3.86. The molecule has 0 heterocycles. The van der Waals surface area contributed by atoms with Gasteiger partial charge in [0.05, 0.1) is 0 Å². The van der Waals surface area contributed by atoms with Crippen molar-refractivity contribution in [3.8, 4) is 0 Å². The van der Waals surface area contributed by atoms with Crippen LogP contribution >= 0.6 is 0 Å². The van der Waals surface area contributed by atoms with Gasteiger partial charge in [-0.15, -0.1) is 0 Å². The Morgan fingerprint density at radius 1 is 1.11 bits per heavy atom. The third-order valence-electron chi connectivity index (χ3n) is 3.11. The first-order chi connectivity index (χ1) is 9.17. The second-order valence-electron chi connectivity index (χ2n) is 4.34. The predicted octanol–water partition coefficient (Wildman–Crippen LogP) is 5.90. The summed E-state index contributed by atoms with van der Waals surface area (Å²) in [5.41, 5.74) is 6.00. The van der Waals surface area contributed by atoms with Crippen molar-refractivity contribution in [3.05, 3.63) is 77.9 Å². The van der Waals surface area contributed by atoms with E-state index in [-0.39, 0.29) is 0 Å². The summed E-state index contributed by atoms with van der Waals surface area (Å²) in [6.07, 6.45) is 12.0. The van der Waals surface area contributed by atoms with Gasteiger partial charge in [-0.2, -0.15) is 0 Å². The van der Waals surface area contributed by atoms with E-state index < -0.39 is 0 Å². The van der Waals surface area contributed by atoms with Crippen molar-refractivity contribution >= 4 is 17.7 Å². The molecule has 0 nitrogen and oxygen atoms in total. The summed E-state index contributed by atoms with van der Waals surface area (Å²) in [6.45, 7) is 13.9. The van der Waals surface area contributed by atoms with Crippen LogP contribution in [0.1, 0.15) is 37.5 Å². The summed E-state index contributed by atoms with van der Waals surface area (Å²) in [5.74, 6) is 0. The largest absolute Gasteiger partial charge is 0.0990 e. The molecular formula is C19H22. The molecule has 0 aromatic heterocycles. The highest BCUT2D eigenvalue weighted by molar-refractivity contribution is 5.81. The molecule has 0 aliphatic rings. The van der Waals surface area contributed by atoms with Gasteiger partial charge in [0.2, 0.25) is 0 Å². The molecule has 0 fully saturated rings. The zero-order valence-electron chi connectivity index (χ0n) is 12.1. The summed E-state index contributed by atoms with van der Waals surface area (Å²) >= 11 is 0. The molecule has 0 spiro atoms. The van der Waals surface area contributed by atoms with E-state index in [0.717, 1.165) is 5.56 Å². The van der Waals surface area contributed by atoms with Gasteiger partial charge in [0.1, 0.15) is 0 Å². The lowest BCUT2D eigenvalue weighted by molar-refractivity contribution is 1.45. The van der Waals surface area contributed by atoms with Gasteiger partial charge in [0, 0.05) is 0 Å². The van der Waals surface area contributed by atoms with Gasteiger partial charge in [0.25, 0.3) is 0 Å². The van der Waals surface area contributed by atoms with Crippen LogP contribution in [0.3, 0.4) is 0 Å². The summed E-state index contributed by atoms with van der Waals surface area (Å²) in [5, 5.41) is 0. The van der Waals surface area contributed by atoms with Gasteiger partial charge >= 0.3 is 0 Å². The molecule has 1 aromatic carbocycles. The van der Waals surface area contributed by atoms with Crippen LogP contribution in [0.2, 0.25) is 0 Å². The standard InChI is InChI=1S/C19H22/c1-6-10-17-14-18(13-12-16(17)9-4)19(11-7-2)15(5)8-3/h6-14H,2,4H2,1,3,5H3/b10-6-,15-8-,19-11+. The Kier molecular flexibility index (Phi) is 5.81. The molecule has 0 radical (unpaired) electrons. The maximum atomic E-state index is 3.86. The summed E-state index contributed by atoms with van der Waals surface area (Å²) < 4.78 is 0. The fourth-order valence-corrected chi connectivity index (χ4v) is 1.98. The van der Waals surface area contributed by atoms with Crippen LogP contribution < -0.4 is 0 Å². The van der Waals surface area contributed by atoms with Crippen LogP contribution in [-0.4, -0.2) is 0 Å². The minimum absolute atomic E-state index is 1.15. The van der Waals surface area contributed by atoms with E-state index in [1.165, 1.54) is 22.3 Å². The predicted molar refractivity (Wildman–Crippen MR) is 88.8 cm³/mol. The Morgan fingerprint density at radius 3 is 2.37 bits per heavy atom. The van der Waals surface area contributed by atoms with Crippen LogP contribution in [-0.2, 0) is 0 Å². The molecule has 0 bridgehead atoms. The SMILES string of the molecule is C=C/C=C(\C(C)=C/C)c1ccc(C=C)c(/C=C\C)c1. The molecule has 0 aliphatic carbocycles. The molecule has 0 saturated carbocycles. The number of hydrogen-bond donors (Lipinski definition) is 0. The molecule has 0 saturated heterocycles. The lowest BCUT2D eigenvalue weighted by Crippen LogP contribution is -1.90. The van der Waals surface area contributed by atoms with Gasteiger partial charge in [0.15, 0.2) is 0 Å². The molecule has 0 amide bonds. The van der Waals surface area contributed by atoms with E-state index in [2.05, 4.69) is 63.4 Å². The van der Waals surface area contributed by atoms with Crippen molar-refractivity contribution in [2.75, 3.05) is 0 Å². The van der Waals surface area contributed by atoms with Gasteiger partial charge < -0.3 is 0 Å². The van der Waals surface area contributed by atoms with E-state index in [0.29, 0.717) is 0 Å². The highest BCUT2D eigenvalue weighted by atomic mass is 14.1. The normalized spacial score (nSPS) is 12.8. The first kappa shape index (κ1) is 15.0. The topological polar surface area (TPSA) is 0 Å². The van der Waals surface area contributed by atoms with E-state index in [1.54, 1.807) is 0 Å². The van der Waals surface area contributed by atoms with Crippen molar-refractivity contribution in [3.63, 3.8) is 0 Å². The van der Waals surface area contributed by atoms with Crippen LogP contribution in [0.5, 0.6) is 0 Å². The van der Waals surface area contributed by atoms with Crippen LogP contribution in [0, 0.1) is 0 Å². The average molecular weight is 250 g/mol. The third-order valence-corrected chi connectivity index (χ3v) is 3.11. The lowest BCUT2D eigenvalue weighted by atomic mass is 9.94. The Balaban J connectivity index is 3.41. The van der Waals surface area contributed by atoms with Gasteiger partial charge in [-0.25, -0.2) is 0 Å². The lowest BCUT2D eigenvalue weighted by Gasteiger charge is -2.10. The van der Waals surface area contributed by atoms with Crippen molar-refractivity contribution in [1.82, 2.24) is 0 Å². The molecule has 1 rings (SSSR count). The number of benzene rings is 1. The molecule has 0 aliphatic heterocycles. The van der Waals surface area contributed by atoms with E-state index >= 15 is 0 Å². The molecule has 19 heavy (non-hydrogen) atoms. The quantitative estimate of drug-likeness (QED) is 0.571. The molecular weight excluding hydrogens is 228 g/mol. The van der Waals surface area contributed by atoms with Gasteiger partial charge in [-0.05, 0) is 54.7 Å². The zero-order valence-corrected chi connectivity index (χ0v) is 12.1. The van der Waals surface area contributed by atoms with Gasteiger partial charge in [-0.3, -0.25) is 0 Å². The Labute approximate surface area is 117 Å². The van der Waals surface area contributed by atoms with Crippen molar-refractivity contribution in [2.24, 2.45) is 0 Å². The van der Waals surface area contributed by atoms with Crippen LogP contribution in [0.4, 0.5) is 0 Å². The minimum Gasteiger partial charge on any atom is -0.0990 e. The Bertz CT molecular complexity index is 551. The molecule has 0 atom stereocenters. The number of allylic oxidation sites excluding steroid dienone is 6. The van der Waals surface area contributed by atoms with E-state index in [1.807, 2.05) is 25.2 Å². The van der Waals surface area contributed by atoms with E-state index in [4.69, 9.17) is 0 Å². The molecule has 1 aromatic rings. The fourth-order valence-electron chi connectivity index (χ4n) is 1.98. The first-order valence-electron chi connectivity index (χ1n) is 6.53. The zero-order chi connectivity index (χ0) is 14.3. The minimum atomic E-state index is 1.15. The highest BCUT2D eigenvalue weighted by Crippen LogP contribution is 2.26. The highest BCUT2D eigenvalue weighted by Gasteiger charge is 2.05. The summed E-state index contributed by atoms with van der Waals surface area (Å²) in [6, 6.07) is 6.43. The van der Waals surface area contributed by atoms with E-state index in [9.17, 15) is 0 Å². The Morgan fingerprint density at radius 2 is 1.84 bits per heavy atom. The summed E-state index contributed by atoms with van der Waals surface area (Å²) in [7, 11) is 0. The molecule has 0 N–H and O–H groups in total. The van der Waals surface area contributed by atoms with Crippen LogP contribution in [0.25, 0.3) is 17.7 Å².